The molecule has 120 valence electrons. The van der Waals surface area contributed by atoms with Gasteiger partial charge in [0.25, 0.3) is 10.0 Å². The van der Waals surface area contributed by atoms with E-state index in [1.54, 1.807) is 13.1 Å². The molecular formula is C14H25N3O2S2. The van der Waals surface area contributed by atoms with Gasteiger partial charge in [-0.15, -0.1) is 11.3 Å². The van der Waals surface area contributed by atoms with Crippen LogP contribution >= 0.6 is 11.3 Å². The number of nitrogens with zero attached hydrogens (tertiary/aromatic N) is 2. The number of sulfonamides is 1. The van der Waals surface area contributed by atoms with Gasteiger partial charge in [0.15, 0.2) is 0 Å². The van der Waals surface area contributed by atoms with Gasteiger partial charge in [0.2, 0.25) is 0 Å². The van der Waals surface area contributed by atoms with Crippen LogP contribution in [-0.2, 0) is 16.4 Å². The number of nitrogens with one attached hydrogen (secondary N) is 1. The van der Waals surface area contributed by atoms with Crippen molar-refractivity contribution < 1.29 is 8.42 Å². The lowest BCUT2D eigenvalue weighted by Gasteiger charge is -2.18. The number of thiophene rings is 1. The molecule has 0 bridgehead atoms. The second-order valence-electron chi connectivity index (χ2n) is 5.83. The summed E-state index contributed by atoms with van der Waals surface area (Å²) in [6.45, 7) is 2.16. The van der Waals surface area contributed by atoms with E-state index in [0.29, 0.717) is 16.8 Å². The molecule has 1 aromatic rings. The van der Waals surface area contributed by atoms with E-state index in [0.717, 1.165) is 24.4 Å². The van der Waals surface area contributed by atoms with Crippen LogP contribution in [0.4, 0.5) is 0 Å². The fourth-order valence-corrected chi connectivity index (χ4v) is 4.66. The molecule has 1 fully saturated rings. The first-order valence-electron chi connectivity index (χ1n) is 7.33. The molecule has 0 spiro atoms. The minimum atomic E-state index is -3.34. The third-order valence-electron chi connectivity index (χ3n) is 3.55. The van der Waals surface area contributed by atoms with Crippen molar-refractivity contribution in [3.05, 3.63) is 17.0 Å². The van der Waals surface area contributed by atoms with Crippen LogP contribution in [0.5, 0.6) is 0 Å². The largest absolute Gasteiger partial charge is 0.314 e. The van der Waals surface area contributed by atoms with Gasteiger partial charge < -0.3 is 10.2 Å². The SMILES string of the molecule is CN(C)CCN(C)S(=O)(=O)c1ccc(CCNC2CC2)s1. The van der Waals surface area contributed by atoms with Gasteiger partial charge in [0.05, 0.1) is 0 Å². The van der Waals surface area contributed by atoms with Crippen molar-refractivity contribution in [3.63, 3.8) is 0 Å². The average Bonchev–Trinajstić information content (AvgIpc) is 3.11. The van der Waals surface area contributed by atoms with Gasteiger partial charge in [0.1, 0.15) is 4.21 Å². The van der Waals surface area contributed by atoms with Gasteiger partial charge in [0, 0.05) is 37.6 Å². The van der Waals surface area contributed by atoms with Crippen molar-refractivity contribution in [2.75, 3.05) is 40.8 Å². The molecule has 21 heavy (non-hydrogen) atoms. The van der Waals surface area contributed by atoms with Gasteiger partial charge in [-0.3, -0.25) is 0 Å². The topological polar surface area (TPSA) is 52.7 Å². The number of rotatable bonds is 9. The first-order chi connectivity index (χ1) is 9.89. The minimum absolute atomic E-state index is 0.449. The summed E-state index contributed by atoms with van der Waals surface area (Å²) in [5, 5.41) is 3.45. The molecule has 7 heteroatoms. The van der Waals surface area contributed by atoms with Crippen molar-refractivity contribution in [2.45, 2.75) is 29.5 Å². The molecule has 0 amide bonds. The molecule has 5 nitrogen and oxygen atoms in total. The maximum absolute atomic E-state index is 12.5. The van der Waals surface area contributed by atoms with Crippen LogP contribution in [0.15, 0.2) is 16.3 Å². The Hall–Kier alpha value is -0.470. The third-order valence-corrected chi connectivity index (χ3v) is 7.01. The predicted molar refractivity (Wildman–Crippen MR) is 87.4 cm³/mol. The molecule has 1 aliphatic carbocycles. The number of hydrogen-bond acceptors (Lipinski definition) is 5. The summed E-state index contributed by atoms with van der Waals surface area (Å²) < 4.78 is 26.8. The normalized spacial score (nSPS) is 16.0. The molecule has 2 rings (SSSR count). The number of likely N-dealkylation sites (N-methyl/N-ethyl adjacent to an activating group) is 2. The Morgan fingerprint density at radius 3 is 2.57 bits per heavy atom. The minimum Gasteiger partial charge on any atom is -0.314 e. The molecular weight excluding hydrogens is 306 g/mol. The first kappa shape index (κ1) is 16.9. The van der Waals surface area contributed by atoms with E-state index < -0.39 is 10.0 Å². The molecule has 1 aliphatic rings. The lowest BCUT2D eigenvalue weighted by atomic mass is 10.3. The Morgan fingerprint density at radius 1 is 1.24 bits per heavy atom. The Bertz CT molecular complexity index is 550. The van der Waals surface area contributed by atoms with Gasteiger partial charge in [-0.25, -0.2) is 8.42 Å². The average molecular weight is 332 g/mol. The molecule has 0 aliphatic heterocycles. The predicted octanol–water partition coefficient (Wildman–Crippen LogP) is 1.22. The van der Waals surface area contributed by atoms with Crippen LogP contribution in [0.25, 0.3) is 0 Å². The summed E-state index contributed by atoms with van der Waals surface area (Å²) in [7, 11) is 2.19. The van der Waals surface area contributed by atoms with E-state index in [2.05, 4.69) is 5.32 Å². The quantitative estimate of drug-likeness (QED) is 0.739. The third kappa shape index (κ3) is 5.03. The molecule has 1 aromatic heterocycles. The molecule has 0 saturated heterocycles. The molecule has 0 atom stereocenters. The fourth-order valence-electron chi connectivity index (χ4n) is 1.93. The van der Waals surface area contributed by atoms with E-state index in [1.807, 2.05) is 25.1 Å². The summed E-state index contributed by atoms with van der Waals surface area (Å²) >= 11 is 1.39. The zero-order valence-corrected chi connectivity index (χ0v) is 14.6. The Balaban J connectivity index is 1.90. The molecule has 0 aromatic carbocycles. The summed E-state index contributed by atoms with van der Waals surface area (Å²) in [5.41, 5.74) is 0. The lowest BCUT2D eigenvalue weighted by molar-refractivity contribution is 0.359. The maximum atomic E-state index is 12.5. The number of hydrogen-bond donors (Lipinski definition) is 1. The van der Waals surface area contributed by atoms with Crippen molar-refractivity contribution in [3.8, 4) is 0 Å². The van der Waals surface area contributed by atoms with Crippen LogP contribution in [0.2, 0.25) is 0 Å². The van der Waals surface area contributed by atoms with Gasteiger partial charge in [-0.05, 0) is 45.5 Å². The zero-order chi connectivity index (χ0) is 15.5. The Morgan fingerprint density at radius 2 is 1.95 bits per heavy atom. The highest BCUT2D eigenvalue weighted by atomic mass is 32.2. The summed E-state index contributed by atoms with van der Waals surface area (Å²) in [5.74, 6) is 0. The summed E-state index contributed by atoms with van der Waals surface area (Å²) in [6, 6.07) is 4.37. The lowest BCUT2D eigenvalue weighted by Crippen LogP contribution is -2.33. The highest BCUT2D eigenvalue weighted by Gasteiger charge is 2.23. The van der Waals surface area contributed by atoms with Gasteiger partial charge in [-0.1, -0.05) is 0 Å². The molecule has 1 N–H and O–H groups in total. The molecule has 1 saturated carbocycles. The molecule has 0 radical (unpaired) electrons. The van der Waals surface area contributed by atoms with E-state index in [1.165, 1.54) is 28.5 Å². The van der Waals surface area contributed by atoms with Crippen LogP contribution in [0, 0.1) is 0 Å². The van der Waals surface area contributed by atoms with Crippen molar-refractivity contribution in [2.24, 2.45) is 0 Å². The van der Waals surface area contributed by atoms with Crippen LogP contribution in [-0.4, -0.2) is 64.4 Å². The molecule has 1 heterocycles. The van der Waals surface area contributed by atoms with Gasteiger partial charge in [-0.2, -0.15) is 4.31 Å². The first-order valence-corrected chi connectivity index (χ1v) is 9.58. The maximum Gasteiger partial charge on any atom is 0.252 e. The van der Waals surface area contributed by atoms with Crippen molar-refractivity contribution >= 4 is 21.4 Å². The van der Waals surface area contributed by atoms with Crippen molar-refractivity contribution in [1.82, 2.24) is 14.5 Å². The van der Waals surface area contributed by atoms with Crippen LogP contribution in [0.1, 0.15) is 17.7 Å². The summed E-state index contributed by atoms with van der Waals surface area (Å²) in [6.07, 6.45) is 3.46. The second-order valence-corrected chi connectivity index (χ2v) is 9.27. The van der Waals surface area contributed by atoms with E-state index in [9.17, 15) is 8.42 Å². The Kier molecular flexibility index (Phi) is 5.79. The monoisotopic (exact) mass is 331 g/mol. The standard InChI is InChI=1S/C14H25N3O2S2/c1-16(2)10-11-17(3)21(18,19)14-7-6-13(20-14)8-9-15-12-4-5-12/h6-7,12,15H,4-5,8-11H2,1-3H3. The van der Waals surface area contributed by atoms with E-state index in [4.69, 9.17) is 0 Å². The van der Waals surface area contributed by atoms with E-state index in [-0.39, 0.29) is 0 Å². The van der Waals surface area contributed by atoms with Gasteiger partial charge >= 0.3 is 0 Å². The highest BCUT2D eigenvalue weighted by Crippen LogP contribution is 2.25. The molecule has 0 unspecified atom stereocenters. The smallest absolute Gasteiger partial charge is 0.252 e. The van der Waals surface area contributed by atoms with Crippen molar-refractivity contribution in [1.29, 1.82) is 0 Å². The van der Waals surface area contributed by atoms with Crippen LogP contribution in [0.3, 0.4) is 0 Å². The fraction of sp³-hybridized carbons (Fsp3) is 0.714. The summed E-state index contributed by atoms with van der Waals surface area (Å²) in [4.78, 5) is 3.11. The Labute approximate surface area is 132 Å². The van der Waals surface area contributed by atoms with E-state index >= 15 is 0 Å². The highest BCUT2D eigenvalue weighted by molar-refractivity contribution is 7.91. The second kappa shape index (κ2) is 7.19. The van der Waals surface area contributed by atoms with Crippen LogP contribution < -0.4 is 5.32 Å². The zero-order valence-electron chi connectivity index (χ0n) is 13.0.